The number of pyridine rings is 1. The predicted octanol–water partition coefficient (Wildman–Crippen LogP) is 4.38. The fourth-order valence-corrected chi connectivity index (χ4v) is 2.53. The summed E-state index contributed by atoms with van der Waals surface area (Å²) in [5.74, 6) is 0.717. The molecule has 0 bridgehead atoms. The van der Waals surface area contributed by atoms with E-state index in [2.05, 4.69) is 65.2 Å². The summed E-state index contributed by atoms with van der Waals surface area (Å²) in [5.41, 5.74) is 5.19. The molecule has 0 radical (unpaired) electrons. The molecule has 0 atom stereocenters. The average molecular weight is 316 g/mol. The molecular weight excluding hydrogens is 302 g/mol. The van der Waals surface area contributed by atoms with Crippen molar-refractivity contribution in [3.8, 4) is 6.07 Å². The van der Waals surface area contributed by atoms with Crippen LogP contribution in [0.2, 0.25) is 0 Å². The summed E-state index contributed by atoms with van der Waals surface area (Å²) in [4.78, 5) is 4.27. The van der Waals surface area contributed by atoms with E-state index in [1.807, 2.05) is 0 Å². The molecule has 0 aliphatic rings. The number of hydrogen-bond acceptors (Lipinski definition) is 3. The molecule has 1 aromatic carbocycles. The molecule has 0 amide bonds. The Bertz CT molecular complexity index is 649. The van der Waals surface area contributed by atoms with Crippen LogP contribution in [-0.4, -0.2) is 4.98 Å². The first-order chi connectivity index (χ1) is 9.01. The molecule has 96 valence electrons. The minimum atomic E-state index is 0.537. The summed E-state index contributed by atoms with van der Waals surface area (Å²) in [5, 5.41) is 12.2. The highest BCUT2D eigenvalue weighted by molar-refractivity contribution is 9.10. The van der Waals surface area contributed by atoms with Crippen molar-refractivity contribution in [2.75, 3.05) is 5.32 Å². The second kappa shape index (κ2) is 5.41. The molecule has 1 N–H and O–H groups in total. The van der Waals surface area contributed by atoms with Crippen molar-refractivity contribution in [1.29, 1.82) is 5.26 Å². The molecular formula is C15H14BrN3. The summed E-state index contributed by atoms with van der Waals surface area (Å²) in [6.45, 7) is 6.22. The van der Waals surface area contributed by atoms with Crippen LogP contribution in [0.3, 0.4) is 0 Å². The number of hydrogen-bond donors (Lipinski definition) is 1. The van der Waals surface area contributed by atoms with Crippen LogP contribution in [0.4, 0.5) is 11.5 Å². The Kier molecular flexibility index (Phi) is 3.87. The number of aryl methyl sites for hydroxylation is 3. The van der Waals surface area contributed by atoms with E-state index in [-0.39, 0.29) is 0 Å². The van der Waals surface area contributed by atoms with Crippen molar-refractivity contribution in [2.24, 2.45) is 0 Å². The van der Waals surface area contributed by atoms with E-state index in [0.29, 0.717) is 11.4 Å². The number of nitrogens with one attached hydrogen (secondary N) is 1. The molecule has 0 fully saturated rings. The lowest BCUT2D eigenvalue weighted by Crippen LogP contribution is -2.00. The molecule has 3 nitrogen and oxygen atoms in total. The topological polar surface area (TPSA) is 48.7 Å². The van der Waals surface area contributed by atoms with Gasteiger partial charge in [-0.15, -0.1) is 0 Å². The van der Waals surface area contributed by atoms with Gasteiger partial charge in [0.25, 0.3) is 0 Å². The summed E-state index contributed by atoms with van der Waals surface area (Å²) in [7, 11) is 0. The van der Waals surface area contributed by atoms with E-state index in [4.69, 9.17) is 5.26 Å². The first-order valence-electron chi connectivity index (χ1n) is 5.92. The standard InChI is InChI=1S/C15H14BrN3/c1-9-4-10(2)14(11(3)5-9)19-15-13(16)6-12(7-17)8-18-15/h4-6,8H,1-3H3,(H,18,19). The van der Waals surface area contributed by atoms with Crippen LogP contribution in [-0.2, 0) is 0 Å². The van der Waals surface area contributed by atoms with Gasteiger partial charge in [-0.05, 0) is 53.9 Å². The van der Waals surface area contributed by atoms with E-state index in [0.717, 1.165) is 10.2 Å². The van der Waals surface area contributed by atoms with Gasteiger partial charge in [-0.1, -0.05) is 17.7 Å². The molecule has 0 saturated heterocycles. The second-order valence-electron chi connectivity index (χ2n) is 4.56. The molecule has 0 saturated carbocycles. The molecule has 0 unspecified atom stereocenters. The Balaban J connectivity index is 2.40. The number of halogens is 1. The largest absolute Gasteiger partial charge is 0.339 e. The van der Waals surface area contributed by atoms with Crippen molar-refractivity contribution in [3.05, 3.63) is 51.1 Å². The highest BCUT2D eigenvalue weighted by Gasteiger charge is 2.08. The third-order valence-electron chi connectivity index (χ3n) is 2.89. The molecule has 19 heavy (non-hydrogen) atoms. The SMILES string of the molecule is Cc1cc(C)c(Nc2ncc(C#N)cc2Br)c(C)c1. The Hall–Kier alpha value is -1.86. The van der Waals surface area contributed by atoms with Crippen molar-refractivity contribution in [2.45, 2.75) is 20.8 Å². The Morgan fingerprint density at radius 2 is 1.79 bits per heavy atom. The van der Waals surface area contributed by atoms with Gasteiger partial charge in [0.05, 0.1) is 10.0 Å². The number of benzene rings is 1. The van der Waals surface area contributed by atoms with Crippen LogP contribution in [0.1, 0.15) is 22.3 Å². The number of nitrogens with zero attached hydrogens (tertiary/aromatic N) is 2. The first kappa shape index (κ1) is 13.6. The monoisotopic (exact) mass is 315 g/mol. The first-order valence-corrected chi connectivity index (χ1v) is 6.71. The van der Waals surface area contributed by atoms with Crippen LogP contribution in [0.15, 0.2) is 28.9 Å². The van der Waals surface area contributed by atoms with Gasteiger partial charge in [-0.25, -0.2) is 4.98 Å². The van der Waals surface area contributed by atoms with Gasteiger partial charge in [0, 0.05) is 11.9 Å². The van der Waals surface area contributed by atoms with Crippen molar-refractivity contribution in [1.82, 2.24) is 4.98 Å². The maximum absolute atomic E-state index is 8.83. The zero-order valence-corrected chi connectivity index (χ0v) is 12.7. The smallest absolute Gasteiger partial charge is 0.144 e. The van der Waals surface area contributed by atoms with E-state index in [9.17, 15) is 0 Å². The third kappa shape index (κ3) is 2.94. The van der Waals surface area contributed by atoms with E-state index < -0.39 is 0 Å². The van der Waals surface area contributed by atoms with Crippen molar-refractivity contribution >= 4 is 27.4 Å². The van der Waals surface area contributed by atoms with Crippen LogP contribution in [0, 0.1) is 32.1 Å². The molecule has 2 aromatic rings. The van der Waals surface area contributed by atoms with Gasteiger partial charge in [-0.3, -0.25) is 0 Å². The Morgan fingerprint density at radius 3 is 2.32 bits per heavy atom. The summed E-state index contributed by atoms with van der Waals surface area (Å²) in [6.07, 6.45) is 1.56. The fourth-order valence-electron chi connectivity index (χ4n) is 2.09. The number of rotatable bonds is 2. The highest BCUT2D eigenvalue weighted by Crippen LogP contribution is 2.29. The molecule has 4 heteroatoms. The van der Waals surface area contributed by atoms with E-state index in [1.54, 1.807) is 12.3 Å². The van der Waals surface area contributed by atoms with E-state index >= 15 is 0 Å². The Labute approximate surface area is 121 Å². The maximum Gasteiger partial charge on any atom is 0.144 e. The van der Waals surface area contributed by atoms with Crippen LogP contribution in [0.5, 0.6) is 0 Å². The number of aromatic nitrogens is 1. The van der Waals surface area contributed by atoms with Crippen LogP contribution in [0.25, 0.3) is 0 Å². The van der Waals surface area contributed by atoms with Crippen LogP contribution >= 0.6 is 15.9 Å². The van der Waals surface area contributed by atoms with Gasteiger partial charge in [0.15, 0.2) is 0 Å². The third-order valence-corrected chi connectivity index (χ3v) is 3.50. The van der Waals surface area contributed by atoms with Gasteiger partial charge >= 0.3 is 0 Å². The molecule has 1 aromatic heterocycles. The second-order valence-corrected chi connectivity index (χ2v) is 5.42. The van der Waals surface area contributed by atoms with Gasteiger partial charge in [0.2, 0.25) is 0 Å². The molecule has 0 aliphatic carbocycles. The number of nitriles is 1. The van der Waals surface area contributed by atoms with Gasteiger partial charge in [0.1, 0.15) is 11.9 Å². The molecule has 2 rings (SSSR count). The summed E-state index contributed by atoms with van der Waals surface area (Å²) < 4.78 is 0.783. The van der Waals surface area contributed by atoms with Gasteiger partial charge < -0.3 is 5.32 Å². The lowest BCUT2D eigenvalue weighted by atomic mass is 10.1. The quantitative estimate of drug-likeness (QED) is 0.894. The lowest BCUT2D eigenvalue weighted by Gasteiger charge is -2.14. The summed E-state index contributed by atoms with van der Waals surface area (Å²) in [6, 6.07) is 8.09. The van der Waals surface area contributed by atoms with Crippen molar-refractivity contribution < 1.29 is 0 Å². The number of anilines is 2. The molecule has 0 aliphatic heterocycles. The predicted molar refractivity (Wildman–Crippen MR) is 80.6 cm³/mol. The normalized spacial score (nSPS) is 10.1. The van der Waals surface area contributed by atoms with Crippen molar-refractivity contribution in [3.63, 3.8) is 0 Å². The van der Waals surface area contributed by atoms with E-state index in [1.165, 1.54) is 16.7 Å². The minimum absolute atomic E-state index is 0.537. The zero-order chi connectivity index (χ0) is 14.0. The fraction of sp³-hybridized carbons (Fsp3) is 0.200. The maximum atomic E-state index is 8.83. The lowest BCUT2D eigenvalue weighted by molar-refractivity contribution is 1.24. The zero-order valence-electron chi connectivity index (χ0n) is 11.1. The van der Waals surface area contributed by atoms with Crippen LogP contribution < -0.4 is 5.32 Å². The molecule has 0 spiro atoms. The average Bonchev–Trinajstić information content (AvgIpc) is 2.35. The Morgan fingerprint density at radius 1 is 1.16 bits per heavy atom. The summed E-state index contributed by atoms with van der Waals surface area (Å²) >= 11 is 3.43. The minimum Gasteiger partial charge on any atom is -0.339 e. The molecule has 1 heterocycles. The highest BCUT2D eigenvalue weighted by atomic mass is 79.9. The van der Waals surface area contributed by atoms with Gasteiger partial charge in [-0.2, -0.15) is 5.26 Å².